The van der Waals surface area contributed by atoms with Crippen LogP contribution in [0.15, 0.2) is 23.1 Å². The van der Waals surface area contributed by atoms with Gasteiger partial charge in [-0.15, -0.1) is 24.2 Å². The van der Waals surface area contributed by atoms with Gasteiger partial charge in [-0.2, -0.15) is 0 Å². The number of thioether (sulfide) groups is 1. The van der Waals surface area contributed by atoms with Gasteiger partial charge in [0.1, 0.15) is 6.04 Å². The molecule has 1 atom stereocenters. The molecule has 23 heavy (non-hydrogen) atoms. The fourth-order valence-electron chi connectivity index (χ4n) is 2.71. The first-order chi connectivity index (χ1) is 10.6. The Morgan fingerprint density at radius 1 is 1.39 bits per heavy atom. The van der Waals surface area contributed by atoms with Gasteiger partial charge in [-0.3, -0.25) is 4.79 Å². The van der Waals surface area contributed by atoms with Crippen molar-refractivity contribution < 1.29 is 9.53 Å². The highest BCUT2D eigenvalue weighted by Crippen LogP contribution is 2.34. The van der Waals surface area contributed by atoms with Gasteiger partial charge in [0.05, 0.1) is 6.61 Å². The number of nitrogens with one attached hydrogen (secondary N) is 1. The Bertz CT molecular complexity index is 507. The second-order valence-corrected chi connectivity index (χ2v) is 7.28. The molecule has 0 heterocycles. The van der Waals surface area contributed by atoms with Crippen molar-refractivity contribution in [1.82, 2.24) is 0 Å². The summed E-state index contributed by atoms with van der Waals surface area (Å²) in [5.74, 6) is -0.211. The van der Waals surface area contributed by atoms with Gasteiger partial charge < -0.3 is 15.8 Å². The van der Waals surface area contributed by atoms with Gasteiger partial charge in [0.2, 0.25) is 5.91 Å². The first kappa shape index (κ1) is 20.3. The third-order valence-electron chi connectivity index (χ3n) is 3.99. The van der Waals surface area contributed by atoms with Gasteiger partial charge >= 0.3 is 0 Å². The van der Waals surface area contributed by atoms with E-state index in [2.05, 4.69) is 17.4 Å². The van der Waals surface area contributed by atoms with Crippen molar-refractivity contribution in [2.24, 2.45) is 5.73 Å². The van der Waals surface area contributed by atoms with E-state index in [0.29, 0.717) is 0 Å². The zero-order valence-electron chi connectivity index (χ0n) is 13.8. The molecule has 0 saturated heterocycles. The molecule has 0 bridgehead atoms. The van der Waals surface area contributed by atoms with Crippen LogP contribution in [0.25, 0.3) is 0 Å². The average molecular weight is 359 g/mol. The van der Waals surface area contributed by atoms with Crippen LogP contribution in [0.1, 0.15) is 37.7 Å². The van der Waals surface area contributed by atoms with Crippen LogP contribution >= 0.6 is 24.2 Å². The minimum Gasteiger partial charge on any atom is -0.383 e. The maximum absolute atomic E-state index is 11.9. The van der Waals surface area contributed by atoms with Crippen LogP contribution in [0.4, 0.5) is 5.69 Å². The number of anilines is 1. The summed E-state index contributed by atoms with van der Waals surface area (Å²) in [5.41, 5.74) is 7.63. The van der Waals surface area contributed by atoms with Crippen molar-refractivity contribution in [2.75, 3.05) is 19.0 Å². The number of rotatable bonds is 6. The first-order valence-electron chi connectivity index (χ1n) is 7.93. The van der Waals surface area contributed by atoms with E-state index in [9.17, 15) is 4.79 Å². The van der Waals surface area contributed by atoms with Gasteiger partial charge in [0.15, 0.2) is 0 Å². The topological polar surface area (TPSA) is 64.3 Å². The Balaban J connectivity index is 0.00000264. The molecule has 0 radical (unpaired) electrons. The molecule has 3 N–H and O–H groups in total. The molecule has 0 aliphatic heterocycles. The number of carbonyl (C=O) groups excluding carboxylic acids is 1. The summed E-state index contributed by atoms with van der Waals surface area (Å²) in [6.07, 6.45) is 6.70. The van der Waals surface area contributed by atoms with E-state index in [1.54, 1.807) is 0 Å². The lowest BCUT2D eigenvalue weighted by atomic mass is 10.0. The Morgan fingerprint density at radius 3 is 2.70 bits per heavy atom. The van der Waals surface area contributed by atoms with Crippen molar-refractivity contribution >= 4 is 35.8 Å². The molecule has 0 aromatic heterocycles. The standard InChI is InChI=1S/C17H26N2O2S.ClH/c1-12-10-14(22-13-6-4-3-5-7-13)8-9-16(12)19-17(20)15(18)11-21-2;/h8-10,13,15H,3-7,11,18H2,1-2H3,(H,19,20);1H. The molecule has 2 rings (SSSR count). The maximum atomic E-state index is 11.9. The molecule has 1 aliphatic carbocycles. The lowest BCUT2D eigenvalue weighted by Gasteiger charge is -2.21. The number of ether oxygens (including phenoxy) is 1. The zero-order chi connectivity index (χ0) is 15.9. The molecule has 1 aromatic carbocycles. The molecule has 0 spiro atoms. The van der Waals surface area contributed by atoms with Crippen LogP contribution in [0.3, 0.4) is 0 Å². The van der Waals surface area contributed by atoms with Gasteiger partial charge in [0, 0.05) is 22.9 Å². The van der Waals surface area contributed by atoms with Crippen LogP contribution in [0.5, 0.6) is 0 Å². The van der Waals surface area contributed by atoms with Crippen molar-refractivity contribution in [3.63, 3.8) is 0 Å². The lowest BCUT2D eigenvalue weighted by molar-refractivity contribution is -0.118. The second kappa shape index (κ2) is 10.2. The Morgan fingerprint density at radius 2 is 2.09 bits per heavy atom. The van der Waals surface area contributed by atoms with E-state index in [0.717, 1.165) is 16.5 Å². The molecule has 6 heteroatoms. The van der Waals surface area contributed by atoms with Crippen LogP contribution in [-0.4, -0.2) is 30.9 Å². The molecular weight excluding hydrogens is 332 g/mol. The lowest BCUT2D eigenvalue weighted by Crippen LogP contribution is -2.39. The number of methoxy groups -OCH3 is 1. The molecule has 1 amide bonds. The average Bonchev–Trinajstić information content (AvgIpc) is 2.51. The van der Waals surface area contributed by atoms with Crippen LogP contribution in [-0.2, 0) is 9.53 Å². The summed E-state index contributed by atoms with van der Waals surface area (Å²) < 4.78 is 4.91. The summed E-state index contributed by atoms with van der Waals surface area (Å²) in [6.45, 7) is 2.24. The van der Waals surface area contributed by atoms with Crippen molar-refractivity contribution in [2.45, 2.75) is 55.2 Å². The highest BCUT2D eigenvalue weighted by atomic mass is 35.5. The van der Waals surface area contributed by atoms with Crippen LogP contribution < -0.4 is 11.1 Å². The highest BCUT2D eigenvalue weighted by Gasteiger charge is 2.16. The van der Waals surface area contributed by atoms with Gasteiger partial charge in [-0.05, 0) is 43.5 Å². The fraction of sp³-hybridized carbons (Fsp3) is 0.588. The summed E-state index contributed by atoms with van der Waals surface area (Å²) in [4.78, 5) is 13.2. The molecule has 130 valence electrons. The van der Waals surface area contributed by atoms with E-state index in [4.69, 9.17) is 10.5 Å². The molecule has 4 nitrogen and oxygen atoms in total. The number of aryl methyl sites for hydroxylation is 1. The van der Waals surface area contributed by atoms with Gasteiger partial charge in [-0.1, -0.05) is 19.3 Å². The molecular formula is C17H27ClN2O2S. The van der Waals surface area contributed by atoms with E-state index in [1.807, 2.05) is 24.8 Å². The smallest absolute Gasteiger partial charge is 0.243 e. The van der Waals surface area contributed by atoms with E-state index in [-0.39, 0.29) is 24.9 Å². The molecule has 1 unspecified atom stereocenters. The fourth-order valence-corrected chi connectivity index (χ4v) is 4.05. The summed E-state index contributed by atoms with van der Waals surface area (Å²) >= 11 is 1.96. The van der Waals surface area contributed by atoms with Gasteiger partial charge in [-0.25, -0.2) is 0 Å². The van der Waals surface area contributed by atoms with E-state index >= 15 is 0 Å². The minimum atomic E-state index is -0.638. The predicted molar refractivity (Wildman–Crippen MR) is 99.6 cm³/mol. The van der Waals surface area contributed by atoms with Gasteiger partial charge in [0.25, 0.3) is 0 Å². The van der Waals surface area contributed by atoms with Crippen molar-refractivity contribution in [3.8, 4) is 0 Å². The van der Waals surface area contributed by atoms with Crippen LogP contribution in [0.2, 0.25) is 0 Å². The summed E-state index contributed by atoms with van der Waals surface area (Å²) in [7, 11) is 1.54. The van der Waals surface area contributed by atoms with Crippen LogP contribution in [0, 0.1) is 6.92 Å². The normalized spacial score (nSPS) is 16.5. The number of amides is 1. The van der Waals surface area contributed by atoms with Crippen molar-refractivity contribution in [3.05, 3.63) is 23.8 Å². The number of hydrogen-bond donors (Lipinski definition) is 2. The monoisotopic (exact) mass is 358 g/mol. The largest absolute Gasteiger partial charge is 0.383 e. The summed E-state index contributed by atoms with van der Waals surface area (Å²) in [5, 5.41) is 3.61. The summed E-state index contributed by atoms with van der Waals surface area (Å²) in [6, 6.07) is 5.57. The first-order valence-corrected chi connectivity index (χ1v) is 8.81. The molecule has 1 aliphatic rings. The molecule has 1 fully saturated rings. The predicted octanol–water partition coefficient (Wildman–Crippen LogP) is 3.75. The Hall–Kier alpha value is -0.750. The number of hydrogen-bond acceptors (Lipinski definition) is 4. The maximum Gasteiger partial charge on any atom is 0.243 e. The Labute approximate surface area is 149 Å². The molecule has 1 aromatic rings. The number of benzene rings is 1. The number of nitrogens with two attached hydrogens (primary N) is 1. The van der Waals surface area contributed by atoms with E-state index in [1.165, 1.54) is 44.1 Å². The minimum absolute atomic E-state index is 0. The SMILES string of the molecule is COCC(N)C(=O)Nc1ccc(SC2CCCCC2)cc1C.Cl. The number of carbonyl (C=O) groups is 1. The molecule has 1 saturated carbocycles. The third kappa shape index (κ3) is 6.34. The Kier molecular flexibility index (Phi) is 8.99. The zero-order valence-corrected chi connectivity index (χ0v) is 15.5. The number of halogens is 1. The van der Waals surface area contributed by atoms with E-state index < -0.39 is 6.04 Å². The highest BCUT2D eigenvalue weighted by molar-refractivity contribution is 8.00. The second-order valence-electron chi connectivity index (χ2n) is 5.91. The third-order valence-corrected chi connectivity index (χ3v) is 5.32. The quantitative estimate of drug-likeness (QED) is 0.812. The van der Waals surface area contributed by atoms with Crippen molar-refractivity contribution in [1.29, 1.82) is 0 Å².